The molecule has 1 aromatic carbocycles. The lowest BCUT2D eigenvalue weighted by molar-refractivity contribution is 0.108. The SMILES string of the molecule is CC1(C)CCNc2c(Br)ccc(Cl)c2O1. The highest BCUT2D eigenvalue weighted by Crippen LogP contribution is 2.42. The van der Waals surface area contributed by atoms with Gasteiger partial charge in [-0.3, -0.25) is 0 Å². The monoisotopic (exact) mass is 289 g/mol. The molecule has 0 aliphatic carbocycles. The summed E-state index contributed by atoms with van der Waals surface area (Å²) >= 11 is 9.62. The lowest BCUT2D eigenvalue weighted by Gasteiger charge is -2.24. The van der Waals surface area contributed by atoms with Crippen LogP contribution in [-0.4, -0.2) is 12.1 Å². The highest BCUT2D eigenvalue weighted by atomic mass is 79.9. The number of ether oxygens (including phenoxy) is 1. The van der Waals surface area contributed by atoms with E-state index in [0.717, 1.165) is 28.9 Å². The molecule has 2 rings (SSSR count). The van der Waals surface area contributed by atoms with Crippen molar-refractivity contribution in [3.05, 3.63) is 21.6 Å². The van der Waals surface area contributed by atoms with Crippen molar-refractivity contribution in [2.45, 2.75) is 25.9 Å². The minimum atomic E-state index is -0.178. The van der Waals surface area contributed by atoms with E-state index in [9.17, 15) is 0 Å². The third-order valence-corrected chi connectivity index (χ3v) is 3.42. The second-order valence-corrected chi connectivity index (χ2v) is 5.53. The number of halogens is 2. The summed E-state index contributed by atoms with van der Waals surface area (Å²) in [6.45, 7) is 5.03. The Hall–Kier alpha value is -0.410. The maximum Gasteiger partial charge on any atom is 0.162 e. The van der Waals surface area contributed by atoms with E-state index in [-0.39, 0.29) is 5.60 Å². The zero-order valence-corrected chi connectivity index (χ0v) is 11.1. The summed E-state index contributed by atoms with van der Waals surface area (Å²) in [5, 5.41) is 3.98. The van der Waals surface area contributed by atoms with Crippen LogP contribution < -0.4 is 10.1 Å². The number of hydrogen-bond donors (Lipinski definition) is 1. The van der Waals surface area contributed by atoms with Crippen molar-refractivity contribution in [2.75, 3.05) is 11.9 Å². The number of benzene rings is 1. The summed E-state index contributed by atoms with van der Waals surface area (Å²) in [4.78, 5) is 0. The van der Waals surface area contributed by atoms with Gasteiger partial charge in [-0.2, -0.15) is 0 Å². The van der Waals surface area contributed by atoms with E-state index in [1.54, 1.807) is 0 Å². The van der Waals surface area contributed by atoms with E-state index in [4.69, 9.17) is 16.3 Å². The van der Waals surface area contributed by atoms with Crippen molar-refractivity contribution in [3.63, 3.8) is 0 Å². The molecule has 0 atom stereocenters. The predicted molar refractivity (Wildman–Crippen MR) is 67.0 cm³/mol. The van der Waals surface area contributed by atoms with Crippen LogP contribution in [0.15, 0.2) is 16.6 Å². The van der Waals surface area contributed by atoms with Gasteiger partial charge in [0.2, 0.25) is 0 Å². The molecule has 1 aromatic rings. The second-order valence-electron chi connectivity index (χ2n) is 4.27. The molecule has 82 valence electrons. The van der Waals surface area contributed by atoms with Crippen molar-refractivity contribution in [2.24, 2.45) is 0 Å². The lowest BCUT2D eigenvalue weighted by Crippen LogP contribution is -2.28. The summed E-state index contributed by atoms with van der Waals surface area (Å²) in [6.07, 6.45) is 0.949. The Morgan fingerprint density at radius 1 is 1.47 bits per heavy atom. The highest BCUT2D eigenvalue weighted by Gasteiger charge is 2.26. The molecule has 1 N–H and O–H groups in total. The van der Waals surface area contributed by atoms with E-state index in [0.29, 0.717) is 5.02 Å². The molecule has 0 saturated heterocycles. The first-order valence-corrected chi connectivity index (χ1v) is 6.07. The van der Waals surface area contributed by atoms with Crippen molar-refractivity contribution >= 4 is 33.2 Å². The summed E-state index contributed by atoms with van der Waals surface area (Å²) in [7, 11) is 0. The molecule has 0 bridgehead atoms. The zero-order chi connectivity index (χ0) is 11.1. The van der Waals surface area contributed by atoms with Gasteiger partial charge in [0.05, 0.1) is 10.7 Å². The fourth-order valence-corrected chi connectivity index (χ4v) is 2.26. The Morgan fingerprint density at radius 3 is 2.93 bits per heavy atom. The van der Waals surface area contributed by atoms with Gasteiger partial charge in [0.25, 0.3) is 0 Å². The molecule has 2 nitrogen and oxygen atoms in total. The van der Waals surface area contributed by atoms with Crippen LogP contribution in [0.25, 0.3) is 0 Å². The molecule has 0 radical (unpaired) electrons. The Labute approximate surface area is 103 Å². The molecule has 0 saturated carbocycles. The predicted octanol–water partition coefficient (Wildman–Crippen LogP) is 4.08. The number of hydrogen-bond acceptors (Lipinski definition) is 2. The van der Waals surface area contributed by atoms with Crippen molar-refractivity contribution in [1.29, 1.82) is 0 Å². The van der Waals surface area contributed by atoms with Crippen LogP contribution in [0.3, 0.4) is 0 Å². The molecule has 4 heteroatoms. The van der Waals surface area contributed by atoms with E-state index in [1.165, 1.54) is 0 Å². The van der Waals surface area contributed by atoms with Gasteiger partial charge in [-0.05, 0) is 41.9 Å². The maximum atomic E-state index is 6.13. The van der Waals surface area contributed by atoms with Crippen molar-refractivity contribution < 1.29 is 4.74 Å². The normalized spacial score (nSPS) is 18.4. The van der Waals surface area contributed by atoms with Crippen molar-refractivity contribution in [1.82, 2.24) is 0 Å². The first-order valence-electron chi connectivity index (χ1n) is 4.90. The van der Waals surface area contributed by atoms with Gasteiger partial charge in [0, 0.05) is 17.4 Å². The summed E-state index contributed by atoms with van der Waals surface area (Å²) in [6, 6.07) is 3.77. The molecule has 15 heavy (non-hydrogen) atoms. The van der Waals surface area contributed by atoms with E-state index >= 15 is 0 Å². The van der Waals surface area contributed by atoms with Crippen LogP contribution in [0.2, 0.25) is 5.02 Å². The number of nitrogens with one attached hydrogen (secondary N) is 1. The minimum absolute atomic E-state index is 0.178. The minimum Gasteiger partial charge on any atom is -0.484 e. The highest BCUT2D eigenvalue weighted by molar-refractivity contribution is 9.10. The van der Waals surface area contributed by atoms with E-state index < -0.39 is 0 Å². The number of anilines is 1. The van der Waals surface area contributed by atoms with Gasteiger partial charge in [0.15, 0.2) is 5.75 Å². The Balaban J connectivity index is 2.51. The van der Waals surface area contributed by atoms with Gasteiger partial charge in [-0.1, -0.05) is 11.6 Å². The molecular weight excluding hydrogens is 277 g/mol. The average molecular weight is 291 g/mol. The molecule has 1 aliphatic rings. The first-order chi connectivity index (χ1) is 6.99. The Morgan fingerprint density at radius 2 is 2.20 bits per heavy atom. The number of rotatable bonds is 0. The molecule has 1 heterocycles. The fourth-order valence-electron chi connectivity index (χ4n) is 1.61. The van der Waals surface area contributed by atoms with Gasteiger partial charge >= 0.3 is 0 Å². The molecular formula is C11H13BrClNO. The Bertz CT molecular complexity index is 392. The summed E-state index contributed by atoms with van der Waals surface area (Å²) < 4.78 is 6.92. The van der Waals surface area contributed by atoms with Crippen LogP contribution in [0.4, 0.5) is 5.69 Å². The largest absolute Gasteiger partial charge is 0.484 e. The van der Waals surface area contributed by atoms with E-state index in [1.807, 2.05) is 12.1 Å². The van der Waals surface area contributed by atoms with Crippen LogP contribution >= 0.6 is 27.5 Å². The van der Waals surface area contributed by atoms with Crippen LogP contribution in [-0.2, 0) is 0 Å². The smallest absolute Gasteiger partial charge is 0.162 e. The first kappa shape index (κ1) is 11.1. The summed E-state index contributed by atoms with van der Waals surface area (Å²) in [5.74, 6) is 0.744. The molecule has 0 amide bonds. The quantitative estimate of drug-likeness (QED) is 0.777. The van der Waals surface area contributed by atoms with Crippen molar-refractivity contribution in [3.8, 4) is 5.75 Å². The average Bonchev–Trinajstić information content (AvgIpc) is 2.31. The molecule has 1 aliphatic heterocycles. The van der Waals surface area contributed by atoms with Gasteiger partial charge in [-0.25, -0.2) is 0 Å². The third kappa shape index (κ3) is 2.23. The van der Waals surface area contributed by atoms with Gasteiger partial charge in [-0.15, -0.1) is 0 Å². The summed E-state index contributed by atoms with van der Waals surface area (Å²) in [5.41, 5.74) is 0.774. The van der Waals surface area contributed by atoms with Crippen LogP contribution in [0.5, 0.6) is 5.75 Å². The number of fused-ring (bicyclic) bond motifs is 1. The Kier molecular flexibility index (Phi) is 2.86. The van der Waals surface area contributed by atoms with E-state index in [2.05, 4.69) is 35.1 Å². The third-order valence-electron chi connectivity index (χ3n) is 2.47. The van der Waals surface area contributed by atoms with Gasteiger partial charge < -0.3 is 10.1 Å². The van der Waals surface area contributed by atoms with Crippen LogP contribution in [0.1, 0.15) is 20.3 Å². The lowest BCUT2D eigenvalue weighted by atomic mass is 10.1. The molecule has 0 fully saturated rings. The standard InChI is InChI=1S/C11H13BrClNO/c1-11(2)5-6-14-9-7(12)3-4-8(13)10(9)15-11/h3-4,14H,5-6H2,1-2H3. The zero-order valence-electron chi connectivity index (χ0n) is 8.73. The molecule has 0 aromatic heterocycles. The van der Waals surface area contributed by atoms with Gasteiger partial charge in [0.1, 0.15) is 5.60 Å². The topological polar surface area (TPSA) is 21.3 Å². The van der Waals surface area contributed by atoms with Crippen LogP contribution in [0, 0.1) is 0 Å². The molecule has 0 spiro atoms. The second kappa shape index (κ2) is 3.87. The maximum absolute atomic E-state index is 6.13. The fraction of sp³-hybridized carbons (Fsp3) is 0.455. The molecule has 0 unspecified atom stereocenters.